The lowest BCUT2D eigenvalue weighted by Gasteiger charge is -2.07. The summed E-state index contributed by atoms with van der Waals surface area (Å²) in [5, 5.41) is 0. The Kier molecular flexibility index (Phi) is 3.12. The van der Waals surface area contributed by atoms with Crippen LogP contribution in [0.2, 0.25) is 0 Å². The normalized spacial score (nSPS) is 10.5. The number of esters is 1. The first-order valence-electron chi connectivity index (χ1n) is 4.39. The summed E-state index contributed by atoms with van der Waals surface area (Å²) in [4.78, 5) is 11.2. The van der Waals surface area contributed by atoms with Crippen LogP contribution in [0.15, 0.2) is 18.3 Å². The highest BCUT2D eigenvalue weighted by Crippen LogP contribution is 2.02. The van der Waals surface area contributed by atoms with Crippen molar-refractivity contribution in [1.82, 2.24) is 4.57 Å². The van der Waals surface area contributed by atoms with E-state index in [1.165, 1.54) is 0 Å². The van der Waals surface area contributed by atoms with Crippen molar-refractivity contribution < 1.29 is 9.53 Å². The Hall–Kier alpha value is -1.25. The molecule has 1 aromatic heterocycles. The highest BCUT2D eigenvalue weighted by Gasteiger charge is 2.08. The van der Waals surface area contributed by atoms with Gasteiger partial charge in [-0.15, -0.1) is 0 Å². The molecule has 0 bridgehead atoms. The minimum absolute atomic E-state index is 0.0345. The Morgan fingerprint density at radius 3 is 2.77 bits per heavy atom. The molecule has 0 fully saturated rings. The van der Waals surface area contributed by atoms with Gasteiger partial charge in [-0.25, -0.2) is 0 Å². The summed E-state index contributed by atoms with van der Waals surface area (Å²) in [5.74, 6) is -0.170. The summed E-state index contributed by atoms with van der Waals surface area (Å²) in [6.45, 7) is 3.70. The van der Waals surface area contributed by atoms with Crippen LogP contribution < -0.4 is 0 Å². The van der Waals surface area contributed by atoms with Crippen LogP contribution in [0.25, 0.3) is 0 Å². The van der Waals surface area contributed by atoms with E-state index in [0.29, 0.717) is 6.42 Å². The first-order chi connectivity index (χ1) is 6.09. The van der Waals surface area contributed by atoms with Gasteiger partial charge in [-0.2, -0.15) is 0 Å². The third kappa shape index (κ3) is 2.93. The molecule has 0 radical (unpaired) electrons. The molecule has 0 saturated carbocycles. The summed E-state index contributed by atoms with van der Waals surface area (Å²) in [6, 6.07) is 3.83. The van der Waals surface area contributed by atoms with E-state index in [4.69, 9.17) is 4.74 Å². The summed E-state index contributed by atoms with van der Waals surface area (Å²) >= 11 is 0. The van der Waals surface area contributed by atoms with Crippen LogP contribution in [0, 0.1) is 0 Å². The highest BCUT2D eigenvalue weighted by molar-refractivity contribution is 5.72. The molecular weight excluding hydrogens is 166 g/mol. The van der Waals surface area contributed by atoms with Crippen molar-refractivity contribution in [3.8, 4) is 0 Å². The van der Waals surface area contributed by atoms with E-state index in [-0.39, 0.29) is 12.1 Å². The standard InChI is InChI=1S/C10H15NO2/c1-8(2)13-10(12)7-9-5-4-6-11(9)3/h4-6,8H,7H2,1-3H3. The second-order valence-corrected chi connectivity index (χ2v) is 3.33. The number of ether oxygens (including phenoxy) is 1. The van der Waals surface area contributed by atoms with Crippen LogP contribution in [-0.2, 0) is 23.0 Å². The smallest absolute Gasteiger partial charge is 0.312 e. The predicted octanol–water partition coefficient (Wildman–Crippen LogP) is 1.52. The van der Waals surface area contributed by atoms with Crippen LogP contribution in [0.3, 0.4) is 0 Å². The maximum Gasteiger partial charge on any atom is 0.312 e. The van der Waals surface area contributed by atoms with Gasteiger partial charge >= 0.3 is 5.97 Å². The minimum atomic E-state index is -0.170. The van der Waals surface area contributed by atoms with E-state index in [9.17, 15) is 4.79 Å². The minimum Gasteiger partial charge on any atom is -0.463 e. The molecule has 0 N–H and O–H groups in total. The van der Waals surface area contributed by atoms with Crippen LogP contribution in [0.1, 0.15) is 19.5 Å². The SMILES string of the molecule is CC(C)OC(=O)Cc1cccn1C. The Balaban J connectivity index is 2.50. The molecule has 0 aromatic carbocycles. The second-order valence-electron chi connectivity index (χ2n) is 3.33. The zero-order valence-corrected chi connectivity index (χ0v) is 8.28. The summed E-state index contributed by atoms with van der Waals surface area (Å²) < 4.78 is 6.94. The lowest BCUT2D eigenvalue weighted by atomic mass is 10.3. The zero-order valence-electron chi connectivity index (χ0n) is 8.28. The molecule has 13 heavy (non-hydrogen) atoms. The van der Waals surface area contributed by atoms with Crippen molar-refractivity contribution >= 4 is 5.97 Å². The highest BCUT2D eigenvalue weighted by atomic mass is 16.5. The van der Waals surface area contributed by atoms with Crippen molar-refractivity contribution in [2.45, 2.75) is 26.4 Å². The molecule has 72 valence electrons. The lowest BCUT2D eigenvalue weighted by molar-refractivity contribution is -0.146. The van der Waals surface area contributed by atoms with E-state index in [0.717, 1.165) is 5.69 Å². The molecule has 0 aliphatic heterocycles. The molecule has 0 amide bonds. The Morgan fingerprint density at radius 1 is 1.62 bits per heavy atom. The van der Waals surface area contributed by atoms with E-state index in [1.807, 2.05) is 43.8 Å². The van der Waals surface area contributed by atoms with Crippen LogP contribution in [-0.4, -0.2) is 16.6 Å². The number of aromatic nitrogens is 1. The second kappa shape index (κ2) is 4.12. The predicted molar refractivity (Wildman–Crippen MR) is 50.3 cm³/mol. The fourth-order valence-electron chi connectivity index (χ4n) is 1.13. The summed E-state index contributed by atoms with van der Waals surface area (Å²) in [5.41, 5.74) is 0.977. The van der Waals surface area contributed by atoms with Crippen LogP contribution >= 0.6 is 0 Å². The number of nitrogens with zero attached hydrogens (tertiary/aromatic N) is 1. The van der Waals surface area contributed by atoms with Gasteiger partial charge in [0.1, 0.15) is 0 Å². The third-order valence-electron chi connectivity index (χ3n) is 1.74. The van der Waals surface area contributed by atoms with Gasteiger partial charge in [0.05, 0.1) is 12.5 Å². The van der Waals surface area contributed by atoms with Gasteiger partial charge in [0.15, 0.2) is 0 Å². The lowest BCUT2D eigenvalue weighted by Crippen LogP contribution is -2.14. The summed E-state index contributed by atoms with van der Waals surface area (Å²) in [6.07, 6.45) is 2.23. The first-order valence-corrected chi connectivity index (χ1v) is 4.39. The molecule has 0 aliphatic rings. The van der Waals surface area contributed by atoms with Gasteiger partial charge in [-0.3, -0.25) is 4.79 Å². The molecule has 0 spiro atoms. The van der Waals surface area contributed by atoms with Crippen molar-refractivity contribution in [1.29, 1.82) is 0 Å². The molecule has 0 unspecified atom stereocenters. The number of carbonyl (C=O) groups is 1. The van der Waals surface area contributed by atoms with E-state index < -0.39 is 0 Å². The first kappa shape index (κ1) is 9.84. The molecule has 0 aliphatic carbocycles. The number of aryl methyl sites for hydroxylation is 1. The van der Waals surface area contributed by atoms with Gasteiger partial charge in [0.2, 0.25) is 0 Å². The topological polar surface area (TPSA) is 31.2 Å². The molecule has 0 saturated heterocycles. The number of hydrogen-bond donors (Lipinski definition) is 0. The van der Waals surface area contributed by atoms with Crippen molar-refractivity contribution in [2.75, 3.05) is 0 Å². The molecule has 1 heterocycles. The maximum atomic E-state index is 11.2. The Labute approximate surface area is 78.3 Å². The summed E-state index contributed by atoms with van der Waals surface area (Å²) in [7, 11) is 1.91. The average molecular weight is 181 g/mol. The van der Waals surface area contributed by atoms with Gasteiger partial charge in [0, 0.05) is 18.9 Å². The Bertz CT molecular complexity index is 289. The molecule has 1 rings (SSSR count). The molecule has 3 nitrogen and oxygen atoms in total. The van der Waals surface area contributed by atoms with Crippen LogP contribution in [0.5, 0.6) is 0 Å². The maximum absolute atomic E-state index is 11.2. The van der Waals surface area contributed by atoms with Gasteiger partial charge in [-0.1, -0.05) is 0 Å². The van der Waals surface area contributed by atoms with Gasteiger partial charge in [-0.05, 0) is 26.0 Å². The van der Waals surface area contributed by atoms with E-state index in [1.54, 1.807) is 0 Å². The van der Waals surface area contributed by atoms with Crippen molar-refractivity contribution in [3.63, 3.8) is 0 Å². The van der Waals surface area contributed by atoms with Gasteiger partial charge < -0.3 is 9.30 Å². The molecule has 1 aromatic rings. The van der Waals surface area contributed by atoms with Crippen molar-refractivity contribution in [3.05, 3.63) is 24.0 Å². The number of hydrogen-bond acceptors (Lipinski definition) is 2. The number of rotatable bonds is 3. The van der Waals surface area contributed by atoms with E-state index in [2.05, 4.69) is 0 Å². The van der Waals surface area contributed by atoms with E-state index >= 15 is 0 Å². The molecular formula is C10H15NO2. The Morgan fingerprint density at radius 2 is 2.31 bits per heavy atom. The monoisotopic (exact) mass is 181 g/mol. The number of carbonyl (C=O) groups excluding carboxylic acids is 1. The molecule has 0 atom stereocenters. The van der Waals surface area contributed by atoms with Crippen molar-refractivity contribution in [2.24, 2.45) is 7.05 Å². The fourth-order valence-corrected chi connectivity index (χ4v) is 1.13. The fraction of sp³-hybridized carbons (Fsp3) is 0.500. The zero-order chi connectivity index (χ0) is 9.84. The average Bonchev–Trinajstić information content (AvgIpc) is 2.34. The largest absolute Gasteiger partial charge is 0.463 e. The molecule has 3 heteroatoms. The quantitative estimate of drug-likeness (QED) is 0.662. The third-order valence-corrected chi connectivity index (χ3v) is 1.74. The van der Waals surface area contributed by atoms with Gasteiger partial charge in [0.25, 0.3) is 0 Å². The van der Waals surface area contributed by atoms with Crippen LogP contribution in [0.4, 0.5) is 0 Å².